The summed E-state index contributed by atoms with van der Waals surface area (Å²) in [5.41, 5.74) is 1.79. The second kappa shape index (κ2) is 8.14. The van der Waals surface area contributed by atoms with E-state index in [9.17, 15) is 14.0 Å². The molecule has 3 aromatic carbocycles. The van der Waals surface area contributed by atoms with Gasteiger partial charge in [0.2, 0.25) is 5.91 Å². The highest BCUT2D eigenvalue weighted by atomic mass is 19.1. The predicted molar refractivity (Wildman–Crippen MR) is 107 cm³/mol. The standard InChI is InChI=1S/C23H19FN2O3/c24-17-11-12-20-19(13-17)23(16-7-3-1-4-8-16)26(14-21(27)25-20)22(28)15-29-18-9-5-2-6-10-18/h1-13,23H,14-15H2,(H,25,27)/t23-/m0/s1. The first kappa shape index (κ1) is 18.7. The quantitative estimate of drug-likeness (QED) is 0.738. The van der Waals surface area contributed by atoms with Crippen LogP contribution in [0.25, 0.3) is 0 Å². The lowest BCUT2D eigenvalue weighted by atomic mass is 9.95. The number of nitrogens with one attached hydrogen (secondary N) is 1. The number of ether oxygens (including phenoxy) is 1. The van der Waals surface area contributed by atoms with Gasteiger partial charge in [0.05, 0.1) is 6.04 Å². The lowest BCUT2D eigenvalue weighted by Gasteiger charge is -2.30. The van der Waals surface area contributed by atoms with Crippen LogP contribution in [0.3, 0.4) is 0 Å². The van der Waals surface area contributed by atoms with Crippen LogP contribution < -0.4 is 10.1 Å². The third kappa shape index (κ3) is 4.11. The molecule has 4 rings (SSSR count). The molecule has 1 aliphatic rings. The van der Waals surface area contributed by atoms with Gasteiger partial charge in [-0.15, -0.1) is 0 Å². The molecule has 0 radical (unpaired) electrons. The zero-order valence-corrected chi connectivity index (χ0v) is 15.5. The van der Waals surface area contributed by atoms with E-state index in [-0.39, 0.29) is 25.0 Å². The molecule has 146 valence electrons. The minimum absolute atomic E-state index is 0.160. The van der Waals surface area contributed by atoms with Crippen molar-refractivity contribution in [3.8, 4) is 5.75 Å². The summed E-state index contributed by atoms with van der Waals surface area (Å²) < 4.78 is 19.7. The van der Waals surface area contributed by atoms with Crippen LogP contribution in [0.1, 0.15) is 17.2 Å². The van der Waals surface area contributed by atoms with Crippen LogP contribution in [-0.4, -0.2) is 29.9 Å². The van der Waals surface area contributed by atoms with Crippen LogP contribution in [0.15, 0.2) is 78.9 Å². The molecule has 0 aliphatic carbocycles. The van der Waals surface area contributed by atoms with Crippen LogP contribution in [0.4, 0.5) is 10.1 Å². The molecule has 1 aliphatic heterocycles. The number of hydrogen-bond donors (Lipinski definition) is 1. The minimum atomic E-state index is -0.618. The van der Waals surface area contributed by atoms with E-state index in [0.717, 1.165) is 5.56 Å². The van der Waals surface area contributed by atoms with E-state index in [2.05, 4.69) is 5.32 Å². The number of halogens is 1. The molecule has 1 heterocycles. The van der Waals surface area contributed by atoms with Crippen molar-refractivity contribution in [1.82, 2.24) is 4.90 Å². The summed E-state index contributed by atoms with van der Waals surface area (Å²) in [7, 11) is 0. The number of amides is 2. The normalized spacial score (nSPS) is 15.8. The van der Waals surface area contributed by atoms with Gasteiger partial charge in [0, 0.05) is 11.3 Å². The Morgan fingerprint density at radius 1 is 1.03 bits per heavy atom. The molecular formula is C23H19FN2O3. The Labute approximate surface area is 167 Å². The van der Waals surface area contributed by atoms with Gasteiger partial charge in [-0.05, 0) is 35.9 Å². The Morgan fingerprint density at radius 3 is 2.45 bits per heavy atom. The van der Waals surface area contributed by atoms with E-state index >= 15 is 0 Å². The number of nitrogens with zero attached hydrogens (tertiary/aromatic N) is 1. The van der Waals surface area contributed by atoms with Gasteiger partial charge < -0.3 is 15.0 Å². The second-order valence-corrected chi connectivity index (χ2v) is 6.72. The number of carbonyl (C=O) groups is 2. The molecule has 0 aromatic heterocycles. The van der Waals surface area contributed by atoms with E-state index in [1.54, 1.807) is 12.1 Å². The molecule has 1 N–H and O–H groups in total. The molecule has 0 saturated carbocycles. The maximum atomic E-state index is 14.1. The van der Waals surface area contributed by atoms with E-state index in [0.29, 0.717) is 17.0 Å². The van der Waals surface area contributed by atoms with Gasteiger partial charge in [-0.1, -0.05) is 48.5 Å². The van der Waals surface area contributed by atoms with Gasteiger partial charge in [-0.2, -0.15) is 0 Å². The van der Waals surface area contributed by atoms with Crippen LogP contribution in [0.2, 0.25) is 0 Å². The summed E-state index contributed by atoms with van der Waals surface area (Å²) in [5, 5.41) is 2.77. The molecule has 1 atom stereocenters. The van der Waals surface area contributed by atoms with Crippen LogP contribution in [0.5, 0.6) is 5.75 Å². The first-order valence-electron chi connectivity index (χ1n) is 9.23. The number of para-hydroxylation sites is 1. The Morgan fingerprint density at radius 2 is 1.72 bits per heavy atom. The Bertz CT molecular complexity index is 1020. The SMILES string of the molecule is O=C1CN(C(=O)COc2ccccc2)[C@@H](c2ccccc2)c2cc(F)ccc2N1. The number of fused-ring (bicyclic) bond motifs is 1. The van der Waals surface area contributed by atoms with Gasteiger partial charge in [0.1, 0.15) is 18.1 Å². The van der Waals surface area contributed by atoms with Gasteiger partial charge in [0.25, 0.3) is 5.91 Å². The Hall–Kier alpha value is -3.67. The zero-order chi connectivity index (χ0) is 20.2. The molecule has 0 bridgehead atoms. The third-order valence-corrected chi connectivity index (χ3v) is 4.75. The maximum Gasteiger partial charge on any atom is 0.261 e. The van der Waals surface area contributed by atoms with E-state index in [1.165, 1.54) is 23.1 Å². The highest BCUT2D eigenvalue weighted by Gasteiger charge is 2.33. The number of anilines is 1. The average Bonchev–Trinajstić information content (AvgIpc) is 2.89. The largest absolute Gasteiger partial charge is 0.484 e. The van der Waals surface area contributed by atoms with E-state index < -0.39 is 11.9 Å². The van der Waals surface area contributed by atoms with Gasteiger partial charge >= 0.3 is 0 Å². The second-order valence-electron chi connectivity index (χ2n) is 6.72. The zero-order valence-electron chi connectivity index (χ0n) is 15.5. The van der Waals surface area contributed by atoms with Crippen molar-refractivity contribution in [3.05, 3.63) is 95.8 Å². The summed E-state index contributed by atoms with van der Waals surface area (Å²) in [6.07, 6.45) is 0. The van der Waals surface area contributed by atoms with Crippen LogP contribution in [-0.2, 0) is 9.59 Å². The molecule has 29 heavy (non-hydrogen) atoms. The molecule has 2 amide bonds. The molecule has 0 unspecified atom stereocenters. The fraction of sp³-hybridized carbons (Fsp3) is 0.130. The van der Waals surface area contributed by atoms with Crippen molar-refractivity contribution in [2.45, 2.75) is 6.04 Å². The number of hydrogen-bond acceptors (Lipinski definition) is 3. The summed E-state index contributed by atoms with van der Waals surface area (Å²) >= 11 is 0. The van der Waals surface area contributed by atoms with Crippen LogP contribution >= 0.6 is 0 Å². The van der Waals surface area contributed by atoms with Gasteiger partial charge in [-0.3, -0.25) is 9.59 Å². The Balaban J connectivity index is 1.71. The van der Waals surface area contributed by atoms with Crippen molar-refractivity contribution in [2.24, 2.45) is 0 Å². The van der Waals surface area contributed by atoms with Crippen molar-refractivity contribution in [3.63, 3.8) is 0 Å². The Kier molecular flexibility index (Phi) is 5.24. The molecule has 5 nitrogen and oxygen atoms in total. The fourth-order valence-electron chi connectivity index (χ4n) is 3.45. The summed E-state index contributed by atoms with van der Waals surface area (Å²) in [6, 6.07) is 21.8. The summed E-state index contributed by atoms with van der Waals surface area (Å²) in [6.45, 7) is -0.391. The van der Waals surface area contributed by atoms with E-state index in [4.69, 9.17) is 4.74 Å². The smallest absolute Gasteiger partial charge is 0.261 e. The van der Waals surface area contributed by atoms with Crippen molar-refractivity contribution in [2.75, 3.05) is 18.5 Å². The maximum absolute atomic E-state index is 14.1. The summed E-state index contributed by atoms with van der Waals surface area (Å²) in [4.78, 5) is 27.0. The summed E-state index contributed by atoms with van der Waals surface area (Å²) in [5.74, 6) is -0.587. The minimum Gasteiger partial charge on any atom is -0.484 e. The first-order chi connectivity index (χ1) is 14.1. The predicted octanol–water partition coefficient (Wildman–Crippen LogP) is 3.77. The average molecular weight is 390 g/mol. The fourth-order valence-corrected chi connectivity index (χ4v) is 3.45. The molecular weight excluding hydrogens is 371 g/mol. The number of rotatable bonds is 4. The van der Waals surface area contributed by atoms with Crippen LogP contribution in [0, 0.1) is 5.82 Å². The highest BCUT2D eigenvalue weighted by molar-refractivity contribution is 5.97. The molecule has 3 aromatic rings. The molecule has 6 heteroatoms. The number of benzene rings is 3. The first-order valence-corrected chi connectivity index (χ1v) is 9.23. The lowest BCUT2D eigenvalue weighted by molar-refractivity contribution is -0.138. The van der Waals surface area contributed by atoms with Crippen molar-refractivity contribution >= 4 is 17.5 Å². The lowest BCUT2D eigenvalue weighted by Crippen LogP contribution is -2.41. The monoisotopic (exact) mass is 390 g/mol. The highest BCUT2D eigenvalue weighted by Crippen LogP contribution is 2.36. The topological polar surface area (TPSA) is 58.6 Å². The molecule has 0 saturated heterocycles. The van der Waals surface area contributed by atoms with Crippen molar-refractivity contribution in [1.29, 1.82) is 0 Å². The molecule has 0 fully saturated rings. The van der Waals surface area contributed by atoms with Gasteiger partial charge in [0.15, 0.2) is 6.61 Å². The molecule has 0 spiro atoms. The van der Waals surface area contributed by atoms with E-state index in [1.807, 2.05) is 48.5 Å². The third-order valence-electron chi connectivity index (χ3n) is 4.75. The van der Waals surface area contributed by atoms with Gasteiger partial charge in [-0.25, -0.2) is 4.39 Å². The van der Waals surface area contributed by atoms with Crippen molar-refractivity contribution < 1.29 is 18.7 Å². The number of carbonyl (C=O) groups excluding carboxylic acids is 2.